The Morgan fingerprint density at radius 1 is 0.397 bits per heavy atom. The molecule has 0 aliphatic carbocycles. The molecule has 0 aliphatic rings. The van der Waals surface area contributed by atoms with Gasteiger partial charge < -0.3 is 54.0 Å². The SMILES string of the molecule is NC(=O)[C@H](Cc1ccccc1)NC(=O)CNC(=O)CNC(=O)CNC(=O)[C@H](Cc1ccccc1)NC(=O)CNC(=O)CNC(=O)CNC(=O)[C@@H](N)Cc1ccccc1. The quantitative estimate of drug-likeness (QED) is 0.0446. The van der Waals surface area contributed by atoms with Gasteiger partial charge in [-0.2, -0.15) is 0 Å². The van der Waals surface area contributed by atoms with E-state index in [4.69, 9.17) is 11.5 Å². The number of hydrogen-bond acceptors (Lipinski definition) is 10. The zero-order valence-corrected chi connectivity index (χ0v) is 31.6. The minimum absolute atomic E-state index is 0.0250. The molecule has 3 atom stereocenters. The minimum Gasteiger partial charge on any atom is -0.368 e. The molecule has 0 saturated heterocycles. The third kappa shape index (κ3) is 18.0. The third-order valence-electron chi connectivity index (χ3n) is 8.16. The molecule has 0 aromatic heterocycles. The summed E-state index contributed by atoms with van der Waals surface area (Å²) in [5, 5.41) is 19.0. The number of carbonyl (C=O) groups excluding carboxylic acids is 9. The lowest BCUT2D eigenvalue weighted by atomic mass is 10.1. The van der Waals surface area contributed by atoms with Crippen LogP contribution in [0.3, 0.4) is 0 Å². The molecule has 0 fully saturated rings. The van der Waals surface area contributed by atoms with Crippen LogP contribution in [0.25, 0.3) is 0 Å². The van der Waals surface area contributed by atoms with E-state index < -0.39 is 111 Å². The number of rotatable bonds is 23. The highest BCUT2D eigenvalue weighted by molar-refractivity contribution is 5.94. The van der Waals surface area contributed by atoms with Crippen molar-refractivity contribution in [1.82, 2.24) is 42.5 Å². The zero-order chi connectivity index (χ0) is 42.3. The zero-order valence-electron chi connectivity index (χ0n) is 31.6. The number of amides is 9. The predicted molar refractivity (Wildman–Crippen MR) is 210 cm³/mol. The third-order valence-corrected chi connectivity index (χ3v) is 8.16. The molecule has 0 bridgehead atoms. The van der Waals surface area contributed by atoms with E-state index in [9.17, 15) is 43.2 Å². The number of carbonyl (C=O) groups is 9. The Morgan fingerprint density at radius 2 is 0.707 bits per heavy atom. The van der Waals surface area contributed by atoms with Gasteiger partial charge in [-0.15, -0.1) is 0 Å². The highest BCUT2D eigenvalue weighted by atomic mass is 16.2. The summed E-state index contributed by atoms with van der Waals surface area (Å²) in [4.78, 5) is 111. The van der Waals surface area contributed by atoms with E-state index in [0.29, 0.717) is 5.56 Å². The summed E-state index contributed by atoms with van der Waals surface area (Å²) in [6.07, 6.45) is 0.450. The maximum atomic E-state index is 13.1. The van der Waals surface area contributed by atoms with Gasteiger partial charge in [-0.3, -0.25) is 43.2 Å². The van der Waals surface area contributed by atoms with Gasteiger partial charge >= 0.3 is 0 Å². The Labute approximate surface area is 334 Å². The van der Waals surface area contributed by atoms with E-state index in [1.54, 1.807) is 60.7 Å². The maximum absolute atomic E-state index is 13.1. The summed E-state index contributed by atoms with van der Waals surface area (Å²) in [6.45, 7) is -3.08. The Morgan fingerprint density at radius 3 is 1.10 bits per heavy atom. The van der Waals surface area contributed by atoms with Gasteiger partial charge in [0.15, 0.2) is 0 Å². The number of nitrogens with one attached hydrogen (secondary N) is 8. The molecular weight excluding hydrogens is 752 g/mol. The van der Waals surface area contributed by atoms with Crippen LogP contribution in [0.15, 0.2) is 91.0 Å². The van der Waals surface area contributed by atoms with Gasteiger partial charge in [-0.05, 0) is 23.1 Å². The van der Waals surface area contributed by atoms with Gasteiger partial charge in [0.2, 0.25) is 53.2 Å². The Bertz CT molecular complexity index is 1880. The highest BCUT2D eigenvalue weighted by Crippen LogP contribution is 2.05. The van der Waals surface area contributed by atoms with Crippen LogP contribution >= 0.6 is 0 Å². The summed E-state index contributed by atoms with van der Waals surface area (Å²) in [5.74, 6) is -6.33. The van der Waals surface area contributed by atoms with Crippen molar-refractivity contribution in [3.63, 3.8) is 0 Å². The van der Waals surface area contributed by atoms with E-state index in [2.05, 4.69) is 42.5 Å². The maximum Gasteiger partial charge on any atom is 0.243 e. The van der Waals surface area contributed by atoms with E-state index in [-0.39, 0.29) is 19.3 Å². The van der Waals surface area contributed by atoms with Crippen LogP contribution in [0.2, 0.25) is 0 Å². The van der Waals surface area contributed by atoms with Crippen molar-refractivity contribution in [2.75, 3.05) is 39.3 Å². The van der Waals surface area contributed by atoms with Gasteiger partial charge in [-0.25, -0.2) is 0 Å². The van der Waals surface area contributed by atoms with Crippen LogP contribution in [0.4, 0.5) is 0 Å². The number of nitrogens with two attached hydrogens (primary N) is 2. The lowest BCUT2D eigenvalue weighted by Crippen LogP contribution is -2.53. The first-order valence-corrected chi connectivity index (χ1v) is 18.2. The predicted octanol–water partition coefficient (Wildman–Crippen LogP) is -3.81. The van der Waals surface area contributed by atoms with Gasteiger partial charge in [-0.1, -0.05) is 91.0 Å². The molecule has 3 aromatic rings. The first-order chi connectivity index (χ1) is 27.8. The number of benzene rings is 3. The van der Waals surface area contributed by atoms with Crippen LogP contribution in [-0.4, -0.2) is 111 Å². The molecule has 58 heavy (non-hydrogen) atoms. The van der Waals surface area contributed by atoms with Crippen LogP contribution in [0.1, 0.15) is 16.7 Å². The molecule has 19 heteroatoms. The van der Waals surface area contributed by atoms with Gasteiger partial charge in [0.1, 0.15) is 12.1 Å². The molecule has 19 nitrogen and oxygen atoms in total. The molecule has 308 valence electrons. The van der Waals surface area contributed by atoms with Crippen molar-refractivity contribution in [3.8, 4) is 0 Å². The molecule has 9 amide bonds. The van der Waals surface area contributed by atoms with E-state index in [0.717, 1.165) is 11.1 Å². The molecule has 0 unspecified atom stereocenters. The van der Waals surface area contributed by atoms with E-state index in [1.165, 1.54) is 0 Å². The first kappa shape index (κ1) is 45.2. The Balaban J connectivity index is 1.37. The van der Waals surface area contributed by atoms with Crippen molar-refractivity contribution < 1.29 is 43.2 Å². The normalized spacial score (nSPS) is 11.9. The summed E-state index contributed by atoms with van der Waals surface area (Å²) in [7, 11) is 0. The lowest BCUT2D eigenvalue weighted by molar-refractivity contribution is -0.131. The highest BCUT2D eigenvalue weighted by Gasteiger charge is 2.23. The molecule has 0 saturated carbocycles. The topological polar surface area (TPSA) is 302 Å². The number of primary amides is 1. The Hall–Kier alpha value is -7.15. The van der Waals surface area contributed by atoms with Crippen molar-refractivity contribution in [3.05, 3.63) is 108 Å². The molecule has 0 spiro atoms. The van der Waals surface area contributed by atoms with Crippen molar-refractivity contribution >= 4 is 53.2 Å². The smallest absolute Gasteiger partial charge is 0.243 e. The molecule has 0 aliphatic heterocycles. The minimum atomic E-state index is -1.18. The van der Waals surface area contributed by atoms with Crippen molar-refractivity contribution in [2.45, 2.75) is 37.4 Å². The van der Waals surface area contributed by atoms with Gasteiger partial charge in [0.25, 0.3) is 0 Å². The fraction of sp³-hybridized carbons (Fsp3) is 0.308. The summed E-state index contributed by atoms with van der Waals surface area (Å²) in [5.41, 5.74) is 13.6. The first-order valence-electron chi connectivity index (χ1n) is 18.2. The van der Waals surface area contributed by atoms with Crippen molar-refractivity contribution in [1.29, 1.82) is 0 Å². The summed E-state index contributed by atoms with van der Waals surface area (Å²) < 4.78 is 0. The molecule has 3 rings (SSSR count). The average molecular weight is 801 g/mol. The Kier molecular flexibility index (Phi) is 19.0. The van der Waals surface area contributed by atoms with Crippen LogP contribution in [0, 0.1) is 0 Å². The van der Waals surface area contributed by atoms with Crippen LogP contribution in [-0.2, 0) is 62.4 Å². The summed E-state index contributed by atoms with van der Waals surface area (Å²) in [6, 6.07) is 23.6. The second kappa shape index (κ2) is 24.4. The fourth-order valence-corrected chi connectivity index (χ4v) is 5.14. The molecule has 0 heterocycles. The lowest BCUT2D eigenvalue weighted by Gasteiger charge is -2.19. The van der Waals surface area contributed by atoms with Crippen LogP contribution < -0.4 is 54.0 Å². The average Bonchev–Trinajstić information content (AvgIpc) is 3.22. The van der Waals surface area contributed by atoms with Crippen molar-refractivity contribution in [2.24, 2.45) is 11.5 Å². The number of hydrogen-bond donors (Lipinski definition) is 10. The molecular formula is C39H48N10O9. The second-order valence-corrected chi connectivity index (χ2v) is 12.9. The van der Waals surface area contributed by atoms with Crippen LogP contribution in [0.5, 0.6) is 0 Å². The standard InChI is InChI=1S/C39H48N10O9/c40-28(16-25-10-4-1-5-11-25)38(57)46-21-33(52)42-19-32(51)45-24-36(55)49-30(18-27-14-8-3-9-15-27)39(58)47-22-34(53)43-20-31(50)44-23-35(54)48-29(37(41)56)17-26-12-6-2-7-13-26/h1-15,28-30H,16-24,40H2,(H2,41,56)(H,42,52)(H,43,53)(H,44,50)(H,45,51)(H,46,57)(H,47,58)(H,48,54)(H,49,55)/t28-,29-,30-/m0/s1. The van der Waals surface area contributed by atoms with E-state index >= 15 is 0 Å². The fourth-order valence-electron chi connectivity index (χ4n) is 5.14. The second-order valence-electron chi connectivity index (χ2n) is 12.9. The van der Waals surface area contributed by atoms with E-state index in [1.807, 2.05) is 30.3 Å². The molecule has 0 radical (unpaired) electrons. The summed E-state index contributed by atoms with van der Waals surface area (Å²) >= 11 is 0. The van der Waals surface area contributed by atoms with Gasteiger partial charge in [0.05, 0.1) is 45.3 Å². The van der Waals surface area contributed by atoms with Gasteiger partial charge in [0, 0.05) is 12.8 Å². The molecule has 12 N–H and O–H groups in total. The largest absolute Gasteiger partial charge is 0.368 e. The monoisotopic (exact) mass is 800 g/mol. The molecule has 3 aromatic carbocycles.